The van der Waals surface area contributed by atoms with E-state index in [4.69, 9.17) is 0 Å². The first-order chi connectivity index (χ1) is 13.0. The van der Waals surface area contributed by atoms with Crippen molar-refractivity contribution in [2.75, 3.05) is 0 Å². The third kappa shape index (κ3) is 2.97. The van der Waals surface area contributed by atoms with Gasteiger partial charge in [-0.3, -0.25) is 24.6 Å². The first-order valence-corrected chi connectivity index (χ1v) is 8.33. The summed E-state index contributed by atoms with van der Waals surface area (Å²) in [5, 5.41) is 10.9. The van der Waals surface area contributed by atoms with E-state index in [1.807, 2.05) is 24.3 Å². The lowest BCUT2D eigenvalue weighted by molar-refractivity contribution is -0.384. The first kappa shape index (κ1) is 16.7. The highest BCUT2D eigenvalue weighted by atomic mass is 16.6. The molecule has 3 aromatic carbocycles. The number of carbonyl (C=O) groups is 2. The fourth-order valence-corrected chi connectivity index (χ4v) is 3.17. The van der Waals surface area contributed by atoms with Crippen LogP contribution >= 0.6 is 0 Å². The van der Waals surface area contributed by atoms with Crippen molar-refractivity contribution in [3.63, 3.8) is 0 Å². The van der Waals surface area contributed by atoms with E-state index in [1.54, 1.807) is 36.4 Å². The fourth-order valence-electron chi connectivity index (χ4n) is 3.17. The van der Waals surface area contributed by atoms with Gasteiger partial charge in [0.2, 0.25) is 0 Å². The van der Waals surface area contributed by atoms with Crippen LogP contribution < -0.4 is 0 Å². The minimum atomic E-state index is -0.430. The molecule has 2 amide bonds. The molecule has 27 heavy (non-hydrogen) atoms. The van der Waals surface area contributed by atoms with E-state index in [2.05, 4.69) is 0 Å². The lowest BCUT2D eigenvalue weighted by atomic mass is 10.0. The zero-order valence-electron chi connectivity index (χ0n) is 14.2. The number of carbonyl (C=O) groups excluding carboxylic acids is 2. The minimum Gasteiger partial charge on any atom is -0.270 e. The largest absolute Gasteiger partial charge is 0.270 e. The Balaban J connectivity index is 1.56. The van der Waals surface area contributed by atoms with Crippen LogP contribution in [0.25, 0.3) is 11.1 Å². The number of imide groups is 1. The number of rotatable bonds is 4. The molecule has 0 aromatic heterocycles. The van der Waals surface area contributed by atoms with Gasteiger partial charge in [0.15, 0.2) is 0 Å². The van der Waals surface area contributed by atoms with E-state index in [0.29, 0.717) is 11.1 Å². The van der Waals surface area contributed by atoms with Crippen LogP contribution in [0.1, 0.15) is 26.3 Å². The Labute approximate surface area is 154 Å². The van der Waals surface area contributed by atoms with Gasteiger partial charge in [-0.1, -0.05) is 48.5 Å². The summed E-state index contributed by atoms with van der Waals surface area (Å²) in [6.45, 7) is 0.182. The number of nitro benzene ring substituents is 1. The van der Waals surface area contributed by atoms with Gasteiger partial charge in [0.25, 0.3) is 17.5 Å². The molecule has 4 rings (SSSR count). The molecule has 1 aliphatic heterocycles. The average Bonchev–Trinajstić information content (AvgIpc) is 2.94. The van der Waals surface area contributed by atoms with E-state index < -0.39 is 4.92 Å². The molecule has 0 aliphatic carbocycles. The Morgan fingerprint density at radius 1 is 0.778 bits per heavy atom. The van der Waals surface area contributed by atoms with Gasteiger partial charge < -0.3 is 0 Å². The lowest BCUT2D eigenvalue weighted by Gasteiger charge is -2.14. The van der Waals surface area contributed by atoms with E-state index in [9.17, 15) is 19.7 Å². The molecule has 132 valence electrons. The van der Waals surface area contributed by atoms with Gasteiger partial charge in [-0.25, -0.2) is 0 Å². The molecule has 1 heterocycles. The predicted molar refractivity (Wildman–Crippen MR) is 99.2 cm³/mol. The van der Waals surface area contributed by atoms with Gasteiger partial charge in [-0.05, 0) is 28.8 Å². The maximum Gasteiger partial charge on any atom is 0.270 e. The SMILES string of the molecule is O=C1c2ccccc2C(=O)N1Cc1ccc(-c2cccc([N+](=O)[O-])c2)cc1. The van der Waals surface area contributed by atoms with Crippen LogP contribution in [0, 0.1) is 10.1 Å². The smallest absolute Gasteiger partial charge is 0.270 e. The first-order valence-electron chi connectivity index (χ1n) is 8.33. The van der Waals surface area contributed by atoms with E-state index >= 15 is 0 Å². The second kappa shape index (κ2) is 6.49. The number of nitro groups is 1. The molecule has 6 nitrogen and oxygen atoms in total. The number of hydrogen-bond acceptors (Lipinski definition) is 4. The monoisotopic (exact) mass is 358 g/mol. The highest BCUT2D eigenvalue weighted by molar-refractivity contribution is 6.21. The van der Waals surface area contributed by atoms with Crippen LogP contribution in [0.4, 0.5) is 5.69 Å². The van der Waals surface area contributed by atoms with Crippen LogP contribution in [0.5, 0.6) is 0 Å². The zero-order valence-corrected chi connectivity index (χ0v) is 14.2. The predicted octanol–water partition coefficient (Wildman–Crippen LogP) is 4.06. The number of benzene rings is 3. The molecule has 1 aliphatic rings. The van der Waals surface area contributed by atoms with Gasteiger partial charge >= 0.3 is 0 Å². The second-order valence-electron chi connectivity index (χ2n) is 6.25. The van der Waals surface area contributed by atoms with Crippen LogP contribution in [0.15, 0.2) is 72.8 Å². The summed E-state index contributed by atoms with van der Waals surface area (Å²) in [6, 6.07) is 20.5. The van der Waals surface area contributed by atoms with Crippen molar-refractivity contribution in [3.8, 4) is 11.1 Å². The Kier molecular flexibility index (Phi) is 4.01. The molecular formula is C21H14N2O4. The normalized spacial score (nSPS) is 13.0. The molecule has 0 bridgehead atoms. The molecule has 6 heteroatoms. The van der Waals surface area contributed by atoms with Crippen molar-refractivity contribution in [1.29, 1.82) is 0 Å². The summed E-state index contributed by atoms with van der Waals surface area (Å²) >= 11 is 0. The number of hydrogen-bond donors (Lipinski definition) is 0. The van der Waals surface area contributed by atoms with Crippen LogP contribution in [0.3, 0.4) is 0 Å². The Morgan fingerprint density at radius 3 is 2.00 bits per heavy atom. The maximum atomic E-state index is 12.4. The average molecular weight is 358 g/mol. The highest BCUT2D eigenvalue weighted by Crippen LogP contribution is 2.27. The zero-order chi connectivity index (χ0) is 19.0. The third-order valence-corrected chi connectivity index (χ3v) is 4.56. The summed E-state index contributed by atoms with van der Waals surface area (Å²) < 4.78 is 0. The van der Waals surface area contributed by atoms with Crippen molar-refractivity contribution >= 4 is 17.5 Å². The Bertz CT molecular complexity index is 1040. The molecular weight excluding hydrogens is 344 g/mol. The Hall–Kier alpha value is -3.80. The van der Waals surface area contributed by atoms with Gasteiger partial charge in [0.05, 0.1) is 22.6 Å². The maximum absolute atomic E-state index is 12.4. The van der Waals surface area contributed by atoms with E-state index in [1.165, 1.54) is 17.0 Å². The molecule has 0 unspecified atom stereocenters. The van der Waals surface area contributed by atoms with Crippen molar-refractivity contribution in [3.05, 3.63) is 99.6 Å². The molecule has 3 aromatic rings. The second-order valence-corrected chi connectivity index (χ2v) is 6.25. The van der Waals surface area contributed by atoms with Gasteiger partial charge in [0, 0.05) is 12.1 Å². The lowest BCUT2D eigenvalue weighted by Crippen LogP contribution is -2.29. The molecule has 0 atom stereocenters. The van der Waals surface area contributed by atoms with Crippen LogP contribution in [-0.2, 0) is 6.54 Å². The topological polar surface area (TPSA) is 80.5 Å². The summed E-state index contributed by atoms with van der Waals surface area (Å²) in [5.41, 5.74) is 3.24. The molecule has 0 fully saturated rings. The van der Waals surface area contributed by atoms with Crippen molar-refractivity contribution in [1.82, 2.24) is 4.90 Å². The van der Waals surface area contributed by atoms with Crippen LogP contribution in [0.2, 0.25) is 0 Å². The number of non-ortho nitro benzene ring substituents is 1. The highest BCUT2D eigenvalue weighted by Gasteiger charge is 2.34. The quantitative estimate of drug-likeness (QED) is 0.400. The van der Waals surface area contributed by atoms with Crippen LogP contribution in [-0.4, -0.2) is 21.6 Å². The van der Waals surface area contributed by atoms with Crippen molar-refractivity contribution in [2.45, 2.75) is 6.54 Å². The minimum absolute atomic E-state index is 0.0302. The summed E-state index contributed by atoms with van der Waals surface area (Å²) in [7, 11) is 0. The summed E-state index contributed by atoms with van der Waals surface area (Å²) in [4.78, 5) is 36.6. The third-order valence-electron chi connectivity index (χ3n) is 4.56. The molecule has 0 spiro atoms. The standard InChI is InChI=1S/C21H14N2O4/c24-20-18-6-1-2-7-19(18)21(25)22(20)13-14-8-10-15(11-9-14)16-4-3-5-17(12-16)23(26)27/h1-12H,13H2. The van der Waals surface area contributed by atoms with E-state index in [0.717, 1.165) is 16.7 Å². The molecule has 0 saturated heterocycles. The van der Waals surface area contributed by atoms with Gasteiger partial charge in [0.1, 0.15) is 0 Å². The number of nitrogens with zero attached hydrogens (tertiary/aromatic N) is 2. The van der Waals surface area contributed by atoms with Gasteiger partial charge in [-0.15, -0.1) is 0 Å². The van der Waals surface area contributed by atoms with Crippen molar-refractivity contribution in [2.24, 2.45) is 0 Å². The molecule has 0 N–H and O–H groups in total. The fraction of sp³-hybridized carbons (Fsp3) is 0.0476. The molecule has 0 saturated carbocycles. The molecule has 0 radical (unpaired) electrons. The number of amides is 2. The number of fused-ring (bicyclic) bond motifs is 1. The van der Waals surface area contributed by atoms with Gasteiger partial charge in [-0.2, -0.15) is 0 Å². The Morgan fingerprint density at radius 2 is 1.41 bits per heavy atom. The van der Waals surface area contributed by atoms with E-state index in [-0.39, 0.29) is 24.0 Å². The summed E-state index contributed by atoms with van der Waals surface area (Å²) in [5.74, 6) is -0.586. The summed E-state index contributed by atoms with van der Waals surface area (Å²) in [6.07, 6.45) is 0. The van der Waals surface area contributed by atoms with Crippen molar-refractivity contribution < 1.29 is 14.5 Å².